The molecule has 0 fully saturated rings. The topological polar surface area (TPSA) is 37.0 Å². The van der Waals surface area contributed by atoms with Gasteiger partial charge in [-0.1, -0.05) is 42.8 Å². The number of hydrogen-bond acceptors (Lipinski definition) is 2. The van der Waals surface area contributed by atoms with E-state index in [1.807, 2.05) is 0 Å². The minimum absolute atomic E-state index is 0.270. The van der Waals surface area contributed by atoms with Crippen LogP contribution in [0.2, 0.25) is 19.1 Å². The summed E-state index contributed by atoms with van der Waals surface area (Å²) in [5, 5.41) is 4.99. The van der Waals surface area contributed by atoms with E-state index in [-0.39, 0.29) is 6.04 Å². The van der Waals surface area contributed by atoms with Crippen molar-refractivity contribution in [2.24, 2.45) is 5.41 Å². The molecule has 0 saturated carbocycles. The largest absolute Gasteiger partial charge is 0.415 e. The zero-order chi connectivity index (χ0) is 17.5. The van der Waals surface area contributed by atoms with Crippen LogP contribution in [-0.2, 0) is 10.8 Å². The first-order valence-corrected chi connectivity index (χ1v) is 12.7. The number of benzene rings is 1. The number of aromatic nitrogens is 1. The zero-order valence-corrected chi connectivity index (χ0v) is 18.0. The van der Waals surface area contributed by atoms with E-state index in [9.17, 15) is 0 Å². The molecular formula is C19H29BrN2OSi. The highest BCUT2D eigenvalue weighted by atomic mass is 79.9. The van der Waals surface area contributed by atoms with Crippen molar-refractivity contribution in [3.63, 3.8) is 0 Å². The average molecular weight is 409 g/mol. The molecule has 24 heavy (non-hydrogen) atoms. The molecule has 0 radical (unpaired) electrons. The Bertz CT molecular complexity index is 733. The average Bonchev–Trinajstić information content (AvgIpc) is 2.80. The number of hydrogen-bond donors (Lipinski definition) is 2. The predicted octanol–water partition coefficient (Wildman–Crippen LogP) is 5.39. The van der Waals surface area contributed by atoms with Gasteiger partial charge in [-0.25, -0.2) is 0 Å². The SMILES string of the molecule is CC(C)(C)C[Si](C)(C)OCC1NCCc2c1[nH]c1cc(Br)ccc21. The number of nitrogens with one attached hydrogen (secondary N) is 2. The van der Waals surface area contributed by atoms with Gasteiger partial charge in [0, 0.05) is 21.1 Å². The Morgan fingerprint density at radius 3 is 2.75 bits per heavy atom. The van der Waals surface area contributed by atoms with E-state index in [0.717, 1.165) is 24.0 Å². The van der Waals surface area contributed by atoms with Crippen molar-refractivity contribution in [3.8, 4) is 0 Å². The van der Waals surface area contributed by atoms with Gasteiger partial charge in [0.15, 0.2) is 8.32 Å². The second-order valence-corrected chi connectivity index (χ2v) is 13.8. The van der Waals surface area contributed by atoms with Gasteiger partial charge in [0.2, 0.25) is 0 Å². The molecule has 1 aliphatic rings. The molecule has 2 N–H and O–H groups in total. The van der Waals surface area contributed by atoms with Gasteiger partial charge in [0.25, 0.3) is 0 Å². The van der Waals surface area contributed by atoms with Gasteiger partial charge in [0.1, 0.15) is 0 Å². The molecule has 0 saturated heterocycles. The lowest BCUT2D eigenvalue weighted by molar-refractivity contribution is 0.242. The van der Waals surface area contributed by atoms with Crippen LogP contribution in [0.1, 0.15) is 38.1 Å². The molecule has 2 heterocycles. The number of rotatable bonds is 4. The van der Waals surface area contributed by atoms with Crippen LogP contribution in [-0.4, -0.2) is 26.5 Å². The van der Waals surface area contributed by atoms with Gasteiger partial charge in [-0.3, -0.25) is 0 Å². The second kappa shape index (κ2) is 6.59. The summed E-state index contributed by atoms with van der Waals surface area (Å²) in [6.45, 7) is 13.4. The fourth-order valence-corrected chi connectivity index (χ4v) is 7.70. The van der Waals surface area contributed by atoms with Gasteiger partial charge < -0.3 is 14.7 Å². The minimum atomic E-state index is -1.65. The molecule has 0 spiro atoms. The van der Waals surface area contributed by atoms with E-state index in [1.54, 1.807) is 0 Å². The number of halogens is 1. The molecule has 5 heteroatoms. The highest BCUT2D eigenvalue weighted by Crippen LogP contribution is 2.33. The molecular weight excluding hydrogens is 380 g/mol. The maximum atomic E-state index is 6.47. The highest BCUT2D eigenvalue weighted by molar-refractivity contribution is 9.10. The van der Waals surface area contributed by atoms with Crippen LogP contribution >= 0.6 is 15.9 Å². The molecule has 1 unspecified atom stereocenters. The van der Waals surface area contributed by atoms with E-state index >= 15 is 0 Å². The summed E-state index contributed by atoms with van der Waals surface area (Å²) in [4.78, 5) is 3.63. The zero-order valence-electron chi connectivity index (χ0n) is 15.4. The Labute approximate surface area is 154 Å². The van der Waals surface area contributed by atoms with Crippen LogP contribution in [0, 0.1) is 5.41 Å². The lowest BCUT2D eigenvalue weighted by Gasteiger charge is -2.33. The van der Waals surface area contributed by atoms with Crippen molar-refractivity contribution in [1.82, 2.24) is 10.3 Å². The summed E-state index contributed by atoms with van der Waals surface area (Å²) in [5.41, 5.74) is 4.32. The van der Waals surface area contributed by atoms with Crippen molar-refractivity contribution >= 4 is 35.2 Å². The Kier molecular flexibility index (Phi) is 4.99. The molecule has 1 atom stereocenters. The van der Waals surface area contributed by atoms with E-state index in [2.05, 4.69) is 78.3 Å². The fraction of sp³-hybridized carbons (Fsp3) is 0.579. The van der Waals surface area contributed by atoms with Gasteiger partial charge in [-0.05, 0) is 55.2 Å². The second-order valence-electron chi connectivity index (χ2n) is 8.77. The third kappa shape index (κ3) is 4.13. The maximum absolute atomic E-state index is 6.47. The van der Waals surface area contributed by atoms with Crippen molar-refractivity contribution in [2.75, 3.05) is 13.2 Å². The molecule has 1 aromatic heterocycles. The van der Waals surface area contributed by atoms with Crippen LogP contribution in [0.15, 0.2) is 22.7 Å². The summed E-state index contributed by atoms with van der Waals surface area (Å²) in [5.74, 6) is 0. The Hall–Kier alpha value is -0.623. The van der Waals surface area contributed by atoms with Crippen molar-refractivity contribution in [3.05, 3.63) is 33.9 Å². The summed E-state index contributed by atoms with van der Waals surface area (Å²) in [7, 11) is -1.65. The monoisotopic (exact) mass is 408 g/mol. The van der Waals surface area contributed by atoms with E-state index < -0.39 is 8.32 Å². The molecule has 0 amide bonds. The number of aromatic amines is 1. The summed E-state index contributed by atoms with van der Waals surface area (Å²) >= 11 is 3.57. The molecule has 3 nitrogen and oxygen atoms in total. The smallest absolute Gasteiger partial charge is 0.187 e. The van der Waals surface area contributed by atoms with Gasteiger partial charge >= 0.3 is 0 Å². The van der Waals surface area contributed by atoms with Gasteiger partial charge in [0.05, 0.1) is 12.6 Å². The van der Waals surface area contributed by atoms with Crippen LogP contribution < -0.4 is 5.32 Å². The third-order valence-electron chi connectivity index (χ3n) is 4.61. The predicted molar refractivity (Wildman–Crippen MR) is 108 cm³/mol. The Morgan fingerprint density at radius 1 is 1.29 bits per heavy atom. The molecule has 3 rings (SSSR count). The van der Waals surface area contributed by atoms with E-state index in [1.165, 1.54) is 28.2 Å². The quantitative estimate of drug-likeness (QED) is 0.665. The molecule has 2 aromatic rings. The van der Waals surface area contributed by atoms with Gasteiger partial charge in [-0.2, -0.15) is 0 Å². The highest BCUT2D eigenvalue weighted by Gasteiger charge is 2.31. The molecule has 132 valence electrons. The number of fused-ring (bicyclic) bond motifs is 3. The maximum Gasteiger partial charge on any atom is 0.187 e. The number of H-pyrrole nitrogens is 1. The van der Waals surface area contributed by atoms with Crippen LogP contribution in [0.4, 0.5) is 0 Å². The first kappa shape index (κ1) is 18.2. The Morgan fingerprint density at radius 2 is 2.04 bits per heavy atom. The lowest BCUT2D eigenvalue weighted by atomic mass is 10.00. The first-order chi connectivity index (χ1) is 11.1. The van der Waals surface area contributed by atoms with Crippen LogP contribution in [0.5, 0.6) is 0 Å². The normalized spacial score (nSPS) is 18.8. The van der Waals surface area contributed by atoms with E-state index in [0.29, 0.717) is 5.41 Å². The summed E-state index contributed by atoms with van der Waals surface area (Å²) in [6.07, 6.45) is 1.08. The van der Waals surface area contributed by atoms with E-state index in [4.69, 9.17) is 4.43 Å². The molecule has 1 aromatic carbocycles. The van der Waals surface area contributed by atoms with Crippen molar-refractivity contribution in [1.29, 1.82) is 0 Å². The molecule has 1 aliphatic heterocycles. The minimum Gasteiger partial charge on any atom is -0.415 e. The van der Waals surface area contributed by atoms with Crippen molar-refractivity contribution in [2.45, 2.75) is 52.4 Å². The standard InChI is InChI=1S/C19H29BrN2OSi/c1-19(2,3)12-24(4,5)23-11-17-18-15(8-9-21-17)14-7-6-13(20)10-16(14)22-18/h6-7,10,17,21-22H,8-9,11-12H2,1-5H3. The first-order valence-electron chi connectivity index (χ1n) is 8.82. The van der Waals surface area contributed by atoms with Crippen LogP contribution in [0.25, 0.3) is 10.9 Å². The van der Waals surface area contributed by atoms with Gasteiger partial charge in [-0.15, -0.1) is 0 Å². The summed E-state index contributed by atoms with van der Waals surface area (Å²) in [6, 6.07) is 7.97. The Balaban J connectivity index is 1.79. The fourth-order valence-electron chi connectivity index (χ4n) is 4.07. The summed E-state index contributed by atoms with van der Waals surface area (Å²) < 4.78 is 7.59. The lowest BCUT2D eigenvalue weighted by Crippen LogP contribution is -2.40. The van der Waals surface area contributed by atoms with Crippen molar-refractivity contribution < 1.29 is 4.43 Å². The third-order valence-corrected chi connectivity index (χ3v) is 7.97. The molecule has 0 bridgehead atoms. The van der Waals surface area contributed by atoms with Crippen LogP contribution in [0.3, 0.4) is 0 Å². The molecule has 0 aliphatic carbocycles.